The summed E-state index contributed by atoms with van der Waals surface area (Å²) in [7, 11) is 6.46. The number of ether oxygens (including phenoxy) is 3. The fraction of sp³-hybridized carbons (Fsp3) is 0.891. The van der Waals surface area contributed by atoms with E-state index in [1.165, 1.54) is 167 Å². The molecule has 51 heavy (non-hydrogen) atoms. The van der Waals surface area contributed by atoms with Crippen LogP contribution in [-0.2, 0) is 19.0 Å². The number of nitrogens with zero attached hydrogens (tertiary/aromatic N) is 1. The van der Waals surface area contributed by atoms with Crippen molar-refractivity contribution in [3.8, 4) is 0 Å². The van der Waals surface area contributed by atoms with Gasteiger partial charge in [-0.15, -0.1) is 0 Å². The predicted molar refractivity (Wildman–Crippen MR) is 223 cm³/mol. The van der Waals surface area contributed by atoms with Gasteiger partial charge >= 0.3 is 5.97 Å². The fourth-order valence-corrected chi connectivity index (χ4v) is 6.37. The molecule has 0 rings (SSSR count). The van der Waals surface area contributed by atoms with Gasteiger partial charge in [0, 0.05) is 19.6 Å². The summed E-state index contributed by atoms with van der Waals surface area (Å²) in [6.07, 6.45) is 47.3. The van der Waals surface area contributed by atoms with Gasteiger partial charge in [-0.1, -0.05) is 154 Å². The molecule has 0 aliphatic carbocycles. The van der Waals surface area contributed by atoms with Crippen molar-refractivity contribution in [3.63, 3.8) is 0 Å². The maximum atomic E-state index is 12.4. The van der Waals surface area contributed by atoms with Crippen LogP contribution >= 0.6 is 0 Å². The van der Waals surface area contributed by atoms with E-state index in [4.69, 9.17) is 14.2 Å². The first-order valence-electron chi connectivity index (χ1n) is 22.3. The lowest BCUT2D eigenvalue weighted by molar-refractivity contribution is -0.870. The lowest BCUT2D eigenvalue weighted by Gasteiger charge is -2.23. The molecule has 0 aromatic rings. The molecule has 0 aliphatic heterocycles. The monoisotopic (exact) mass is 721 g/mol. The molecule has 1 atom stereocenters. The smallest absolute Gasteiger partial charge is 0.306 e. The van der Waals surface area contributed by atoms with E-state index in [1.54, 1.807) is 0 Å². The number of rotatable bonds is 41. The largest absolute Gasteiger partial charge is 0.463 e. The number of carbonyl (C=O) groups excluding carboxylic acids is 1. The van der Waals surface area contributed by atoms with Gasteiger partial charge in [0.25, 0.3) is 0 Å². The van der Waals surface area contributed by atoms with Crippen molar-refractivity contribution < 1.29 is 23.5 Å². The van der Waals surface area contributed by atoms with E-state index < -0.39 is 0 Å². The fourth-order valence-electron chi connectivity index (χ4n) is 6.37. The molecule has 302 valence electrons. The summed E-state index contributed by atoms with van der Waals surface area (Å²) in [6, 6.07) is 0. The van der Waals surface area contributed by atoms with Crippen LogP contribution in [0.2, 0.25) is 0 Å². The predicted octanol–water partition coefficient (Wildman–Crippen LogP) is 13.5. The van der Waals surface area contributed by atoms with Crippen LogP contribution in [0.4, 0.5) is 0 Å². The highest BCUT2D eigenvalue weighted by atomic mass is 16.6. The highest BCUT2D eigenvalue weighted by molar-refractivity contribution is 5.69. The van der Waals surface area contributed by atoms with Crippen molar-refractivity contribution in [3.05, 3.63) is 24.3 Å². The Balaban J connectivity index is 4.00. The second-order valence-electron chi connectivity index (χ2n) is 16.2. The summed E-state index contributed by atoms with van der Waals surface area (Å²) < 4.78 is 18.7. The molecule has 0 fully saturated rings. The number of allylic oxidation sites excluding steroid dienone is 4. The molecule has 0 aromatic carbocycles. The van der Waals surface area contributed by atoms with Crippen LogP contribution < -0.4 is 0 Å². The zero-order valence-electron chi connectivity index (χ0n) is 35.2. The van der Waals surface area contributed by atoms with Crippen LogP contribution in [0.15, 0.2) is 24.3 Å². The second-order valence-corrected chi connectivity index (χ2v) is 16.2. The minimum atomic E-state index is -0.176. The molecule has 0 amide bonds. The number of unbranched alkanes of at least 4 members (excludes halogenated alkanes) is 24. The Kier molecular flexibility index (Phi) is 39.1. The average Bonchev–Trinajstić information content (AvgIpc) is 3.10. The topological polar surface area (TPSA) is 44.8 Å². The minimum absolute atomic E-state index is 0.123. The first-order valence-corrected chi connectivity index (χ1v) is 22.3. The molecule has 0 radical (unpaired) electrons. The van der Waals surface area contributed by atoms with Gasteiger partial charge in [0.2, 0.25) is 0 Å². The van der Waals surface area contributed by atoms with Gasteiger partial charge in [0.15, 0.2) is 0 Å². The molecule has 0 saturated carbocycles. The van der Waals surface area contributed by atoms with E-state index in [-0.39, 0.29) is 12.1 Å². The first-order chi connectivity index (χ1) is 24.9. The van der Waals surface area contributed by atoms with Gasteiger partial charge in [0.1, 0.15) is 12.7 Å². The van der Waals surface area contributed by atoms with Gasteiger partial charge in [-0.3, -0.25) is 4.79 Å². The van der Waals surface area contributed by atoms with E-state index in [0.717, 1.165) is 36.9 Å². The molecule has 0 heterocycles. The zero-order chi connectivity index (χ0) is 37.4. The van der Waals surface area contributed by atoms with Crippen LogP contribution in [0, 0.1) is 0 Å². The summed E-state index contributed by atoms with van der Waals surface area (Å²) in [5.41, 5.74) is 0. The highest BCUT2D eigenvalue weighted by Crippen LogP contribution is 2.13. The number of hydrogen-bond acceptors (Lipinski definition) is 4. The van der Waals surface area contributed by atoms with Crippen molar-refractivity contribution in [1.82, 2.24) is 0 Å². The van der Waals surface area contributed by atoms with Crippen molar-refractivity contribution in [2.45, 2.75) is 213 Å². The van der Waals surface area contributed by atoms with Gasteiger partial charge in [0.05, 0.1) is 40.7 Å². The first kappa shape index (κ1) is 49.8. The van der Waals surface area contributed by atoms with Crippen LogP contribution in [0.3, 0.4) is 0 Å². The standard InChI is InChI=1S/C46H90NO4/c1-6-8-10-12-14-16-18-20-22-24-26-28-30-32-34-36-41-49-43-45(44-51-46(48)39-38-40-47(3,4)5)50-42-37-35-33-31-29-27-25-23-21-19-17-15-13-11-9-7-2/h20-23,45H,6-19,24-44H2,1-5H3/q+1/t45-/m1/s1. The third-order valence-corrected chi connectivity index (χ3v) is 9.75. The summed E-state index contributed by atoms with van der Waals surface area (Å²) in [5, 5.41) is 0. The third kappa shape index (κ3) is 43.1. The Morgan fingerprint density at radius 3 is 1.31 bits per heavy atom. The lowest BCUT2D eigenvalue weighted by Crippen LogP contribution is -2.35. The van der Waals surface area contributed by atoms with Crippen LogP contribution in [-0.4, -0.2) is 70.7 Å². The van der Waals surface area contributed by atoms with Gasteiger partial charge in [-0.05, 0) is 64.2 Å². The third-order valence-electron chi connectivity index (χ3n) is 9.75. The summed E-state index contributed by atoms with van der Waals surface area (Å²) in [5.74, 6) is -0.123. The molecule has 5 nitrogen and oxygen atoms in total. The molecule has 0 N–H and O–H groups in total. The van der Waals surface area contributed by atoms with E-state index in [2.05, 4.69) is 59.3 Å². The van der Waals surface area contributed by atoms with E-state index in [0.29, 0.717) is 26.2 Å². The molecular formula is C46H90NO4+. The van der Waals surface area contributed by atoms with Crippen molar-refractivity contribution in [2.75, 3.05) is 54.1 Å². The maximum Gasteiger partial charge on any atom is 0.306 e. The van der Waals surface area contributed by atoms with Gasteiger partial charge in [-0.2, -0.15) is 0 Å². The molecule has 0 spiro atoms. The highest BCUT2D eigenvalue weighted by Gasteiger charge is 2.15. The molecule has 0 unspecified atom stereocenters. The molecule has 0 aromatic heterocycles. The van der Waals surface area contributed by atoms with Crippen molar-refractivity contribution in [1.29, 1.82) is 0 Å². The quantitative estimate of drug-likeness (QED) is 0.0273. The maximum absolute atomic E-state index is 12.4. The van der Waals surface area contributed by atoms with Crippen LogP contribution in [0.5, 0.6) is 0 Å². The number of hydrogen-bond donors (Lipinski definition) is 0. The second kappa shape index (κ2) is 40.0. The van der Waals surface area contributed by atoms with E-state index >= 15 is 0 Å². The number of carbonyl (C=O) groups is 1. The Bertz CT molecular complexity index is 759. The average molecular weight is 721 g/mol. The molecular weight excluding hydrogens is 631 g/mol. The van der Waals surface area contributed by atoms with Crippen LogP contribution in [0.25, 0.3) is 0 Å². The summed E-state index contributed by atoms with van der Waals surface area (Å²) in [4.78, 5) is 12.4. The molecule has 0 saturated heterocycles. The summed E-state index contributed by atoms with van der Waals surface area (Å²) in [6.45, 7) is 7.79. The molecule has 0 bridgehead atoms. The van der Waals surface area contributed by atoms with Crippen molar-refractivity contribution >= 4 is 5.97 Å². The Labute approximate surface area is 319 Å². The summed E-state index contributed by atoms with van der Waals surface area (Å²) >= 11 is 0. The number of quaternary nitrogens is 1. The SMILES string of the molecule is CCCCCCCCC=CCCCCCCCCOC[C@H](COC(=O)CCC[N+](C)(C)C)OCCCCCCCCC=CCCCCCCCC. The minimum Gasteiger partial charge on any atom is -0.463 e. The van der Waals surface area contributed by atoms with Crippen molar-refractivity contribution in [2.24, 2.45) is 0 Å². The Morgan fingerprint density at radius 2 is 0.882 bits per heavy atom. The molecule has 5 heteroatoms. The van der Waals surface area contributed by atoms with E-state index in [9.17, 15) is 4.79 Å². The van der Waals surface area contributed by atoms with E-state index in [1.807, 2.05) is 0 Å². The van der Waals surface area contributed by atoms with Crippen LogP contribution in [0.1, 0.15) is 206 Å². The van der Waals surface area contributed by atoms with Gasteiger partial charge in [-0.25, -0.2) is 0 Å². The van der Waals surface area contributed by atoms with Gasteiger partial charge < -0.3 is 18.7 Å². The Morgan fingerprint density at radius 1 is 0.490 bits per heavy atom. The lowest BCUT2D eigenvalue weighted by atomic mass is 10.1. The number of esters is 1. The molecule has 0 aliphatic rings. The Hall–Kier alpha value is -1.17. The zero-order valence-corrected chi connectivity index (χ0v) is 35.2. The normalized spacial score (nSPS) is 12.8.